The number of hydrogen-bond acceptors (Lipinski definition) is 2. The molecule has 1 nitrogen and oxygen atoms in total. The largest absolute Gasteiger partial charge is 0.416 e. The molecule has 0 bridgehead atoms. The number of halogens is 3. The summed E-state index contributed by atoms with van der Waals surface area (Å²) < 4.78 is 37.4. The van der Waals surface area contributed by atoms with Crippen LogP contribution in [0.4, 0.5) is 13.2 Å². The van der Waals surface area contributed by atoms with Gasteiger partial charge in [-0.1, -0.05) is 12.1 Å². The van der Waals surface area contributed by atoms with Crippen molar-refractivity contribution < 1.29 is 13.2 Å². The topological polar surface area (TPSA) is 12.4 Å². The van der Waals surface area contributed by atoms with Crippen LogP contribution < -0.4 is 0 Å². The smallest absolute Gasteiger partial charge is 0.274 e. The van der Waals surface area contributed by atoms with E-state index in [0.717, 1.165) is 12.1 Å². The molecule has 0 saturated heterocycles. The van der Waals surface area contributed by atoms with Crippen LogP contribution in [0.25, 0.3) is 5.57 Å². The average Bonchev–Trinajstić information content (AvgIpc) is 2.63. The molecule has 1 atom stereocenters. The van der Waals surface area contributed by atoms with Gasteiger partial charge in [0.15, 0.2) is 0 Å². The van der Waals surface area contributed by atoms with Crippen molar-refractivity contribution in [3.05, 3.63) is 41.5 Å². The van der Waals surface area contributed by atoms with E-state index in [0.29, 0.717) is 11.1 Å². The van der Waals surface area contributed by atoms with E-state index in [9.17, 15) is 13.2 Å². The first-order valence-corrected chi connectivity index (χ1v) is 5.09. The molecule has 0 N–H and O–H groups in total. The Kier molecular flexibility index (Phi) is 2.80. The van der Waals surface area contributed by atoms with Crippen LogP contribution in [0, 0.1) is 0 Å². The second-order valence-corrected chi connectivity index (χ2v) is 3.86. The van der Waals surface area contributed by atoms with Gasteiger partial charge >= 0.3 is 6.18 Å². The number of aliphatic imine (C=N–C) groups is 1. The van der Waals surface area contributed by atoms with Crippen molar-refractivity contribution in [2.75, 3.05) is 0 Å². The molecule has 16 heavy (non-hydrogen) atoms. The highest BCUT2D eigenvalue weighted by Crippen LogP contribution is 2.33. The molecular weight excluding hydrogens is 235 g/mol. The molecule has 0 spiro atoms. The van der Waals surface area contributed by atoms with Gasteiger partial charge in [0.25, 0.3) is 0 Å². The maximum Gasteiger partial charge on any atom is 0.416 e. The predicted octanol–water partition coefficient (Wildman–Crippen LogP) is 3.43. The van der Waals surface area contributed by atoms with Crippen LogP contribution >= 0.6 is 12.6 Å². The van der Waals surface area contributed by atoms with Gasteiger partial charge in [-0.05, 0) is 29.3 Å². The number of alkyl halides is 3. The Balaban J connectivity index is 2.38. The fourth-order valence-corrected chi connectivity index (χ4v) is 1.80. The molecule has 0 aromatic heterocycles. The van der Waals surface area contributed by atoms with Gasteiger partial charge in [-0.15, -0.1) is 12.6 Å². The molecule has 0 radical (unpaired) electrons. The fourth-order valence-electron chi connectivity index (χ4n) is 1.49. The summed E-state index contributed by atoms with van der Waals surface area (Å²) in [7, 11) is 0. The molecule has 1 aromatic rings. The van der Waals surface area contributed by atoms with Gasteiger partial charge in [0.1, 0.15) is 5.37 Å². The Hall–Kier alpha value is -1.23. The fraction of sp³-hybridized carbons (Fsp3) is 0.182. The van der Waals surface area contributed by atoms with Crippen molar-refractivity contribution in [1.29, 1.82) is 0 Å². The Bertz CT molecular complexity index is 463. The monoisotopic (exact) mass is 243 g/mol. The molecule has 0 aliphatic carbocycles. The van der Waals surface area contributed by atoms with Crippen LogP contribution in [0.2, 0.25) is 0 Å². The zero-order chi connectivity index (χ0) is 11.8. The third kappa shape index (κ3) is 2.14. The highest BCUT2D eigenvalue weighted by Gasteiger charge is 2.30. The lowest BCUT2D eigenvalue weighted by Crippen LogP contribution is -2.05. The minimum atomic E-state index is -4.32. The van der Waals surface area contributed by atoms with Gasteiger partial charge in [0, 0.05) is 6.21 Å². The Morgan fingerprint density at radius 2 is 2.00 bits per heavy atom. The Morgan fingerprint density at radius 3 is 2.56 bits per heavy atom. The average molecular weight is 243 g/mol. The molecule has 0 amide bonds. The minimum Gasteiger partial charge on any atom is -0.274 e. The van der Waals surface area contributed by atoms with Crippen LogP contribution in [-0.4, -0.2) is 11.6 Å². The zero-order valence-corrected chi connectivity index (χ0v) is 8.96. The molecule has 1 heterocycles. The van der Waals surface area contributed by atoms with E-state index in [4.69, 9.17) is 0 Å². The van der Waals surface area contributed by atoms with Crippen molar-refractivity contribution in [3.8, 4) is 0 Å². The lowest BCUT2D eigenvalue weighted by Gasteiger charge is -2.11. The molecule has 0 fully saturated rings. The second kappa shape index (κ2) is 3.97. The number of nitrogens with zero attached hydrogens (tertiary/aromatic N) is 1. The first-order valence-electron chi connectivity index (χ1n) is 4.57. The van der Waals surface area contributed by atoms with E-state index in [2.05, 4.69) is 17.6 Å². The summed E-state index contributed by atoms with van der Waals surface area (Å²) in [4.78, 5) is 3.95. The number of thiol groups is 1. The van der Waals surface area contributed by atoms with Gasteiger partial charge in [-0.3, -0.25) is 4.99 Å². The number of allylic oxidation sites excluding steroid dienone is 1. The van der Waals surface area contributed by atoms with Crippen LogP contribution in [0.1, 0.15) is 11.1 Å². The van der Waals surface area contributed by atoms with E-state index in [-0.39, 0.29) is 5.37 Å². The van der Waals surface area contributed by atoms with Gasteiger partial charge in [0.05, 0.1) is 5.56 Å². The van der Waals surface area contributed by atoms with Crippen molar-refractivity contribution in [2.45, 2.75) is 11.6 Å². The first kappa shape index (κ1) is 11.3. The second-order valence-electron chi connectivity index (χ2n) is 3.37. The normalized spacial score (nSPS) is 20.0. The highest BCUT2D eigenvalue weighted by atomic mass is 32.1. The van der Waals surface area contributed by atoms with Crippen LogP contribution in [0.3, 0.4) is 0 Å². The molecule has 1 aliphatic rings. The van der Waals surface area contributed by atoms with Crippen molar-refractivity contribution in [2.24, 2.45) is 4.99 Å². The zero-order valence-electron chi connectivity index (χ0n) is 8.07. The van der Waals surface area contributed by atoms with E-state index >= 15 is 0 Å². The number of hydrogen-bond donors (Lipinski definition) is 1. The molecule has 1 unspecified atom stereocenters. The molecule has 1 aromatic carbocycles. The van der Waals surface area contributed by atoms with Crippen molar-refractivity contribution >= 4 is 24.4 Å². The Morgan fingerprint density at radius 1 is 1.25 bits per heavy atom. The summed E-state index contributed by atoms with van der Waals surface area (Å²) in [5.74, 6) is 0. The van der Waals surface area contributed by atoms with Gasteiger partial charge < -0.3 is 0 Å². The third-order valence-electron chi connectivity index (χ3n) is 2.28. The molecule has 5 heteroatoms. The SMILES string of the molecule is FC(F)(F)c1cccc(C2=CC=NC2S)c1. The van der Waals surface area contributed by atoms with E-state index in [1.165, 1.54) is 6.07 Å². The molecule has 84 valence electrons. The molecule has 2 rings (SSSR count). The quantitative estimate of drug-likeness (QED) is 0.725. The predicted molar refractivity (Wildman–Crippen MR) is 60.7 cm³/mol. The third-order valence-corrected chi connectivity index (χ3v) is 2.69. The summed E-state index contributed by atoms with van der Waals surface area (Å²) in [6.45, 7) is 0. The summed E-state index contributed by atoms with van der Waals surface area (Å²) in [5.41, 5.74) is 0.542. The standard InChI is InChI=1S/C11H8F3NS/c12-11(13,14)8-3-1-2-7(6-8)9-4-5-15-10(9)16/h1-6,10,16H. The molecule has 0 saturated carbocycles. The number of benzene rings is 1. The maximum absolute atomic E-state index is 12.5. The van der Waals surface area contributed by atoms with Crippen molar-refractivity contribution in [3.63, 3.8) is 0 Å². The van der Waals surface area contributed by atoms with E-state index in [1.807, 2.05) is 0 Å². The summed E-state index contributed by atoms with van der Waals surface area (Å²) >= 11 is 4.16. The lowest BCUT2D eigenvalue weighted by atomic mass is 10.0. The number of rotatable bonds is 1. The van der Waals surface area contributed by atoms with Crippen LogP contribution in [0.15, 0.2) is 35.3 Å². The van der Waals surface area contributed by atoms with Gasteiger partial charge in [-0.25, -0.2) is 0 Å². The minimum absolute atomic E-state index is 0.372. The first-order chi connectivity index (χ1) is 7.48. The molecule has 1 aliphatic heterocycles. The van der Waals surface area contributed by atoms with E-state index in [1.54, 1.807) is 18.4 Å². The highest BCUT2D eigenvalue weighted by molar-refractivity contribution is 7.81. The molecular formula is C11H8F3NS. The maximum atomic E-state index is 12.5. The summed E-state index contributed by atoms with van der Waals surface area (Å²) in [6.07, 6.45) is -1.09. The van der Waals surface area contributed by atoms with Crippen molar-refractivity contribution in [1.82, 2.24) is 0 Å². The summed E-state index contributed by atoms with van der Waals surface area (Å²) in [5, 5.41) is -0.372. The van der Waals surface area contributed by atoms with Gasteiger partial charge in [0.2, 0.25) is 0 Å². The lowest BCUT2D eigenvalue weighted by molar-refractivity contribution is -0.137. The van der Waals surface area contributed by atoms with Gasteiger partial charge in [-0.2, -0.15) is 13.2 Å². The van der Waals surface area contributed by atoms with Crippen LogP contribution in [0.5, 0.6) is 0 Å². The van der Waals surface area contributed by atoms with Crippen LogP contribution in [-0.2, 0) is 6.18 Å². The summed E-state index contributed by atoms with van der Waals surface area (Å²) in [6, 6.07) is 5.17. The van der Waals surface area contributed by atoms with E-state index < -0.39 is 11.7 Å². The Labute approximate surface area is 96.1 Å².